The van der Waals surface area contributed by atoms with Gasteiger partial charge in [0.25, 0.3) is 0 Å². The molecule has 158 valence electrons. The summed E-state index contributed by atoms with van der Waals surface area (Å²) in [5.74, 6) is 1.26. The van der Waals surface area contributed by atoms with Crippen LogP contribution in [0.4, 0.5) is 5.69 Å². The second-order valence-electron chi connectivity index (χ2n) is 8.38. The van der Waals surface area contributed by atoms with Gasteiger partial charge in [0.05, 0.1) is 6.07 Å². The minimum Gasteiger partial charge on any atom is -0.412 e. The lowest BCUT2D eigenvalue weighted by Gasteiger charge is -2.40. The van der Waals surface area contributed by atoms with Gasteiger partial charge in [-0.05, 0) is 49.7 Å². The van der Waals surface area contributed by atoms with Crippen LogP contribution in [-0.4, -0.2) is 60.4 Å². The van der Waals surface area contributed by atoms with Crippen LogP contribution in [0, 0.1) is 23.2 Å². The van der Waals surface area contributed by atoms with E-state index in [4.69, 9.17) is 11.0 Å². The summed E-state index contributed by atoms with van der Waals surface area (Å²) in [4.78, 5) is 5.10. The zero-order valence-electron chi connectivity index (χ0n) is 16.9. The Labute approximate surface area is 170 Å². The first-order valence-corrected chi connectivity index (χ1v) is 10.5. The monoisotopic (exact) mass is 390 g/mol. The highest BCUT2D eigenvalue weighted by atomic mass is 16.3. The molecule has 4 rings (SSSR count). The third-order valence-corrected chi connectivity index (χ3v) is 6.30. The molecule has 6 heteroatoms. The predicted molar refractivity (Wildman–Crippen MR) is 115 cm³/mol. The fourth-order valence-corrected chi connectivity index (χ4v) is 4.17. The van der Waals surface area contributed by atoms with Gasteiger partial charge in [-0.25, -0.2) is 0 Å². The second kappa shape index (κ2) is 10.8. The van der Waals surface area contributed by atoms with Crippen molar-refractivity contribution in [1.82, 2.24) is 4.90 Å². The first-order chi connectivity index (χ1) is 13.1. The highest BCUT2D eigenvalue weighted by molar-refractivity contribution is 5.46. The molecule has 2 atom stereocenters. The average Bonchev–Trinajstić information content (AvgIpc) is 3.48. The first-order valence-electron chi connectivity index (χ1n) is 10.5. The quantitative estimate of drug-likeness (QED) is 0.818. The lowest BCUT2D eigenvalue weighted by molar-refractivity contribution is 0.0973. The lowest BCUT2D eigenvalue weighted by Crippen LogP contribution is -2.48. The van der Waals surface area contributed by atoms with Crippen LogP contribution < -0.4 is 10.6 Å². The number of rotatable bonds is 4. The zero-order valence-corrected chi connectivity index (χ0v) is 16.9. The van der Waals surface area contributed by atoms with Crippen molar-refractivity contribution in [3.63, 3.8) is 0 Å². The van der Waals surface area contributed by atoms with Crippen molar-refractivity contribution in [3.05, 3.63) is 30.3 Å². The number of benzene rings is 1. The molecule has 0 spiro atoms. The number of para-hydroxylation sites is 1. The maximum atomic E-state index is 9.55. The van der Waals surface area contributed by atoms with Crippen LogP contribution in [-0.2, 0) is 0 Å². The molecule has 1 aromatic rings. The minimum absolute atomic E-state index is 0. The van der Waals surface area contributed by atoms with Crippen molar-refractivity contribution in [3.8, 4) is 6.07 Å². The number of aliphatic hydroxyl groups is 1. The van der Waals surface area contributed by atoms with Crippen LogP contribution in [0.25, 0.3) is 0 Å². The Bertz CT molecular complexity index is 613. The topological polar surface area (TPSA) is 108 Å². The highest BCUT2D eigenvalue weighted by Gasteiger charge is 2.38. The number of hydrogen-bond acceptors (Lipinski definition) is 5. The van der Waals surface area contributed by atoms with E-state index in [0.29, 0.717) is 18.4 Å². The van der Waals surface area contributed by atoms with E-state index in [1.807, 2.05) is 6.07 Å². The van der Waals surface area contributed by atoms with E-state index >= 15 is 0 Å². The largest absolute Gasteiger partial charge is 0.412 e. The maximum absolute atomic E-state index is 9.55. The number of anilines is 1. The SMILES string of the molecule is N#CC1(N)CC1.O.OC[C@@H]1CCCC[C@H]1CN1CCN(c2ccccc2)CC1.[HH]. The fourth-order valence-electron chi connectivity index (χ4n) is 4.17. The summed E-state index contributed by atoms with van der Waals surface area (Å²) < 4.78 is 0. The molecule has 28 heavy (non-hydrogen) atoms. The minimum atomic E-state index is -0.403. The van der Waals surface area contributed by atoms with Crippen molar-refractivity contribution in [2.75, 3.05) is 44.2 Å². The fraction of sp³-hybridized carbons (Fsp3) is 0.682. The van der Waals surface area contributed by atoms with Gasteiger partial charge in [-0.3, -0.25) is 4.90 Å². The van der Waals surface area contributed by atoms with Gasteiger partial charge >= 0.3 is 0 Å². The smallest absolute Gasteiger partial charge is 0.104 e. The van der Waals surface area contributed by atoms with Crippen molar-refractivity contribution in [1.29, 1.82) is 5.26 Å². The van der Waals surface area contributed by atoms with Gasteiger partial charge in [0.15, 0.2) is 0 Å². The molecule has 1 aromatic carbocycles. The number of nitrogens with two attached hydrogens (primary N) is 1. The van der Waals surface area contributed by atoms with E-state index in [1.165, 1.54) is 37.9 Å². The number of hydrogen-bond donors (Lipinski definition) is 2. The maximum Gasteiger partial charge on any atom is 0.104 e. The molecule has 6 nitrogen and oxygen atoms in total. The Morgan fingerprint density at radius 2 is 1.68 bits per heavy atom. The molecule has 5 N–H and O–H groups in total. The molecule has 0 unspecified atom stereocenters. The third kappa shape index (κ3) is 6.46. The molecule has 2 aliphatic carbocycles. The predicted octanol–water partition coefficient (Wildman–Crippen LogP) is 2.03. The molecular weight excluding hydrogens is 352 g/mol. The van der Waals surface area contributed by atoms with Gasteiger partial charge in [0.2, 0.25) is 0 Å². The molecule has 1 aliphatic heterocycles. The summed E-state index contributed by atoms with van der Waals surface area (Å²) in [5, 5.41) is 17.6. The van der Waals surface area contributed by atoms with Crippen molar-refractivity contribution in [2.45, 2.75) is 44.1 Å². The molecular formula is C22H38N4O2. The standard InChI is InChI=1S/C18H28N2O.C4H6N2.H2O.H2/c21-15-17-7-5-4-6-16(17)14-19-10-12-20(13-11-19)18-8-2-1-3-9-18;5-3-4(6)1-2-4;;/h1-3,8-9,16-17,21H,4-7,10-15H2;1-2,6H2;1H2;1H/t16-,17-;;;/m0.../s1. The first kappa shape index (κ1) is 22.6. The number of piperazine rings is 1. The Morgan fingerprint density at radius 1 is 1.07 bits per heavy atom. The van der Waals surface area contributed by atoms with E-state index in [9.17, 15) is 5.11 Å². The molecule has 3 fully saturated rings. The van der Waals surface area contributed by atoms with Gasteiger partial charge in [-0.1, -0.05) is 31.0 Å². The number of aliphatic hydroxyl groups excluding tert-OH is 1. The molecule has 0 amide bonds. The van der Waals surface area contributed by atoms with Crippen molar-refractivity contribution < 1.29 is 12.0 Å². The molecule has 3 aliphatic rings. The summed E-state index contributed by atoms with van der Waals surface area (Å²) in [5.41, 5.74) is 6.23. The Morgan fingerprint density at radius 3 is 2.18 bits per heavy atom. The molecule has 0 radical (unpaired) electrons. The lowest BCUT2D eigenvalue weighted by atomic mass is 9.79. The van der Waals surface area contributed by atoms with Crippen LogP contribution in [0.5, 0.6) is 0 Å². The molecule has 1 saturated heterocycles. The van der Waals surface area contributed by atoms with E-state index in [-0.39, 0.29) is 6.90 Å². The van der Waals surface area contributed by atoms with Crippen LogP contribution in [0.1, 0.15) is 40.0 Å². The van der Waals surface area contributed by atoms with Gasteiger partial charge in [0, 0.05) is 46.4 Å². The van der Waals surface area contributed by atoms with Gasteiger partial charge in [0.1, 0.15) is 5.54 Å². The van der Waals surface area contributed by atoms with Gasteiger partial charge in [-0.2, -0.15) is 5.26 Å². The van der Waals surface area contributed by atoms with E-state index in [2.05, 4.69) is 40.1 Å². The summed E-state index contributed by atoms with van der Waals surface area (Å²) >= 11 is 0. The summed E-state index contributed by atoms with van der Waals surface area (Å²) in [7, 11) is 0. The van der Waals surface area contributed by atoms with Crippen molar-refractivity contribution >= 4 is 5.69 Å². The van der Waals surface area contributed by atoms with Crippen molar-refractivity contribution in [2.24, 2.45) is 17.6 Å². The Balaban J connectivity index is 0.000000455. The Hall–Kier alpha value is -1.65. The Kier molecular flexibility index (Phi) is 8.71. The normalized spacial score (nSPS) is 26.2. The van der Waals surface area contributed by atoms with E-state index in [0.717, 1.165) is 39.0 Å². The summed E-state index contributed by atoms with van der Waals surface area (Å²) in [6, 6.07) is 12.7. The summed E-state index contributed by atoms with van der Waals surface area (Å²) in [6.07, 6.45) is 6.98. The average molecular weight is 391 g/mol. The van der Waals surface area contributed by atoms with E-state index < -0.39 is 5.54 Å². The number of nitriles is 1. The van der Waals surface area contributed by atoms with Crippen LogP contribution in [0.3, 0.4) is 0 Å². The second-order valence-corrected chi connectivity index (χ2v) is 8.38. The summed E-state index contributed by atoms with van der Waals surface area (Å²) in [6.45, 7) is 6.14. The van der Waals surface area contributed by atoms with Crippen LogP contribution in [0.15, 0.2) is 30.3 Å². The van der Waals surface area contributed by atoms with E-state index in [1.54, 1.807) is 0 Å². The third-order valence-electron chi connectivity index (χ3n) is 6.30. The molecule has 1 heterocycles. The van der Waals surface area contributed by atoms with Gasteiger partial charge < -0.3 is 21.2 Å². The van der Waals surface area contributed by atoms with Crippen LogP contribution in [0.2, 0.25) is 0 Å². The van der Waals surface area contributed by atoms with Crippen LogP contribution >= 0.6 is 0 Å². The van der Waals surface area contributed by atoms with Gasteiger partial charge in [-0.15, -0.1) is 0 Å². The molecule has 2 saturated carbocycles. The zero-order chi connectivity index (χ0) is 19.1. The highest BCUT2D eigenvalue weighted by Crippen LogP contribution is 2.31. The number of nitrogens with zero attached hydrogens (tertiary/aromatic N) is 3. The molecule has 0 aromatic heterocycles. The molecule has 0 bridgehead atoms.